The summed E-state index contributed by atoms with van der Waals surface area (Å²) in [6.07, 6.45) is 1.27. The maximum absolute atomic E-state index is 5.56. The van der Waals surface area contributed by atoms with Gasteiger partial charge < -0.3 is 15.0 Å². The Bertz CT molecular complexity index is 197. The van der Waals surface area contributed by atoms with E-state index in [0.717, 1.165) is 26.3 Å². The fraction of sp³-hybridized carbons (Fsp3) is 1.00. The van der Waals surface area contributed by atoms with E-state index in [1.165, 1.54) is 19.5 Å². The molecule has 1 N–H and O–H groups in total. The molecule has 0 aliphatic carbocycles. The molecule has 1 atom stereocenters. The molecule has 4 heteroatoms. The second-order valence-corrected chi connectivity index (χ2v) is 5.44. The molecule has 0 spiro atoms. The number of hydrogen-bond acceptors (Lipinski definition) is 4. The highest BCUT2D eigenvalue weighted by Crippen LogP contribution is 2.11. The molecule has 1 saturated heterocycles. The molecule has 0 aromatic rings. The summed E-state index contributed by atoms with van der Waals surface area (Å²) in [5.41, 5.74) is 0. The highest BCUT2D eigenvalue weighted by Gasteiger charge is 2.23. The van der Waals surface area contributed by atoms with Crippen LogP contribution in [0.25, 0.3) is 0 Å². The van der Waals surface area contributed by atoms with E-state index in [1.54, 1.807) is 0 Å². The van der Waals surface area contributed by atoms with Gasteiger partial charge in [-0.15, -0.1) is 0 Å². The molecule has 0 aromatic heterocycles. The van der Waals surface area contributed by atoms with Crippen LogP contribution >= 0.6 is 0 Å². The van der Waals surface area contributed by atoms with Crippen molar-refractivity contribution in [1.29, 1.82) is 0 Å². The summed E-state index contributed by atoms with van der Waals surface area (Å²) in [6, 6.07) is 1.34. The van der Waals surface area contributed by atoms with Gasteiger partial charge in [0.15, 0.2) is 0 Å². The van der Waals surface area contributed by atoms with E-state index in [-0.39, 0.29) is 0 Å². The Kier molecular flexibility index (Phi) is 7.04. The van der Waals surface area contributed by atoms with Crippen LogP contribution in [0.4, 0.5) is 0 Å². The third-order valence-corrected chi connectivity index (χ3v) is 3.31. The number of likely N-dealkylation sites (N-methyl/N-ethyl adjacent to an activating group) is 1. The van der Waals surface area contributed by atoms with E-state index in [1.807, 2.05) is 0 Å². The minimum atomic E-state index is 0.662. The molecule has 1 rings (SSSR count). The van der Waals surface area contributed by atoms with E-state index < -0.39 is 0 Å². The van der Waals surface area contributed by atoms with Crippen LogP contribution in [0.2, 0.25) is 0 Å². The first-order chi connectivity index (χ1) is 8.09. The lowest BCUT2D eigenvalue weighted by molar-refractivity contribution is 0.117. The SMILES string of the molecule is CC(C)N1CCC(NCCOCCN(C)C)C1. The molecule has 1 aliphatic heterocycles. The van der Waals surface area contributed by atoms with E-state index >= 15 is 0 Å². The number of nitrogens with zero attached hydrogens (tertiary/aromatic N) is 2. The zero-order valence-corrected chi connectivity index (χ0v) is 11.9. The molecule has 0 saturated carbocycles. The average Bonchev–Trinajstić information content (AvgIpc) is 2.71. The number of nitrogens with one attached hydrogen (secondary N) is 1. The van der Waals surface area contributed by atoms with Gasteiger partial charge in [0, 0.05) is 31.7 Å². The lowest BCUT2D eigenvalue weighted by Gasteiger charge is -2.20. The van der Waals surface area contributed by atoms with Gasteiger partial charge in [-0.1, -0.05) is 0 Å². The quantitative estimate of drug-likeness (QED) is 0.633. The predicted octanol–water partition coefficient (Wildman–Crippen LogP) is 0.637. The van der Waals surface area contributed by atoms with Gasteiger partial charge >= 0.3 is 0 Å². The molecule has 0 radical (unpaired) electrons. The monoisotopic (exact) mass is 243 g/mol. The topological polar surface area (TPSA) is 27.7 Å². The van der Waals surface area contributed by atoms with Crippen molar-refractivity contribution in [3.63, 3.8) is 0 Å². The van der Waals surface area contributed by atoms with Crippen LogP contribution in [-0.4, -0.2) is 75.4 Å². The molecule has 0 amide bonds. The highest BCUT2D eigenvalue weighted by molar-refractivity contribution is 4.82. The summed E-state index contributed by atoms with van der Waals surface area (Å²) in [5.74, 6) is 0. The summed E-state index contributed by atoms with van der Waals surface area (Å²) >= 11 is 0. The van der Waals surface area contributed by atoms with Gasteiger partial charge in [-0.05, 0) is 40.9 Å². The van der Waals surface area contributed by atoms with Crippen molar-refractivity contribution in [3.8, 4) is 0 Å². The van der Waals surface area contributed by atoms with Gasteiger partial charge in [0.1, 0.15) is 0 Å². The van der Waals surface area contributed by atoms with E-state index in [2.05, 4.69) is 43.1 Å². The molecule has 102 valence electrons. The van der Waals surface area contributed by atoms with Crippen LogP contribution in [0, 0.1) is 0 Å². The second kappa shape index (κ2) is 8.03. The van der Waals surface area contributed by atoms with Crippen molar-refractivity contribution >= 4 is 0 Å². The van der Waals surface area contributed by atoms with Crippen molar-refractivity contribution in [2.45, 2.75) is 32.4 Å². The molecule has 1 fully saturated rings. The second-order valence-electron chi connectivity index (χ2n) is 5.44. The van der Waals surface area contributed by atoms with Crippen LogP contribution in [-0.2, 0) is 4.74 Å². The van der Waals surface area contributed by atoms with Gasteiger partial charge in [-0.3, -0.25) is 4.90 Å². The Morgan fingerprint density at radius 2 is 2.12 bits per heavy atom. The van der Waals surface area contributed by atoms with Crippen molar-refractivity contribution in [3.05, 3.63) is 0 Å². The van der Waals surface area contributed by atoms with Crippen molar-refractivity contribution in [2.24, 2.45) is 0 Å². The standard InChI is InChI=1S/C13H29N3O/c1-12(2)16-7-5-13(11-16)14-6-9-17-10-8-15(3)4/h12-14H,5-11H2,1-4H3. The van der Waals surface area contributed by atoms with E-state index in [9.17, 15) is 0 Å². The van der Waals surface area contributed by atoms with Gasteiger partial charge in [0.05, 0.1) is 13.2 Å². The Balaban J connectivity index is 1.94. The molecule has 0 bridgehead atoms. The molecule has 4 nitrogen and oxygen atoms in total. The Hall–Kier alpha value is -0.160. The molecule has 1 unspecified atom stereocenters. The molecule has 1 aliphatic rings. The van der Waals surface area contributed by atoms with Gasteiger partial charge in [-0.25, -0.2) is 0 Å². The highest BCUT2D eigenvalue weighted by atomic mass is 16.5. The van der Waals surface area contributed by atoms with Gasteiger partial charge in [0.2, 0.25) is 0 Å². The van der Waals surface area contributed by atoms with Crippen LogP contribution in [0.15, 0.2) is 0 Å². The van der Waals surface area contributed by atoms with Gasteiger partial charge in [-0.2, -0.15) is 0 Å². The molecular weight excluding hydrogens is 214 g/mol. The number of hydrogen-bond donors (Lipinski definition) is 1. The molecule has 0 aromatic carbocycles. The number of rotatable bonds is 8. The smallest absolute Gasteiger partial charge is 0.0593 e. The van der Waals surface area contributed by atoms with Crippen LogP contribution in [0.5, 0.6) is 0 Å². The Morgan fingerprint density at radius 3 is 2.71 bits per heavy atom. The number of ether oxygens (including phenoxy) is 1. The lowest BCUT2D eigenvalue weighted by Crippen LogP contribution is -2.36. The first kappa shape index (κ1) is 14.9. The maximum Gasteiger partial charge on any atom is 0.0593 e. The zero-order chi connectivity index (χ0) is 12.7. The normalized spacial score (nSPS) is 21.9. The predicted molar refractivity (Wildman–Crippen MR) is 72.5 cm³/mol. The number of likely N-dealkylation sites (tertiary alicyclic amines) is 1. The van der Waals surface area contributed by atoms with Crippen LogP contribution in [0.3, 0.4) is 0 Å². The molecular formula is C13H29N3O. The third kappa shape index (κ3) is 6.36. The summed E-state index contributed by atoms with van der Waals surface area (Å²) in [6.45, 7) is 10.6. The maximum atomic E-state index is 5.56. The fourth-order valence-electron chi connectivity index (χ4n) is 2.11. The first-order valence-corrected chi connectivity index (χ1v) is 6.79. The van der Waals surface area contributed by atoms with Crippen molar-refractivity contribution in [1.82, 2.24) is 15.1 Å². The fourth-order valence-corrected chi connectivity index (χ4v) is 2.11. The average molecular weight is 243 g/mol. The summed E-state index contributed by atoms with van der Waals surface area (Å²) < 4.78 is 5.56. The third-order valence-electron chi connectivity index (χ3n) is 3.31. The summed E-state index contributed by atoms with van der Waals surface area (Å²) in [4.78, 5) is 4.68. The first-order valence-electron chi connectivity index (χ1n) is 6.79. The summed E-state index contributed by atoms with van der Waals surface area (Å²) in [7, 11) is 4.14. The molecule has 1 heterocycles. The largest absolute Gasteiger partial charge is 0.379 e. The summed E-state index contributed by atoms with van der Waals surface area (Å²) in [5, 5.41) is 3.57. The van der Waals surface area contributed by atoms with Crippen molar-refractivity contribution in [2.75, 3.05) is 53.5 Å². The minimum Gasteiger partial charge on any atom is -0.379 e. The van der Waals surface area contributed by atoms with E-state index in [0.29, 0.717) is 12.1 Å². The Labute approximate surface area is 106 Å². The van der Waals surface area contributed by atoms with Gasteiger partial charge in [0.25, 0.3) is 0 Å². The van der Waals surface area contributed by atoms with Crippen molar-refractivity contribution < 1.29 is 4.74 Å². The van der Waals surface area contributed by atoms with E-state index in [4.69, 9.17) is 4.74 Å². The minimum absolute atomic E-state index is 0.662. The lowest BCUT2D eigenvalue weighted by atomic mass is 10.2. The Morgan fingerprint density at radius 1 is 1.35 bits per heavy atom. The van der Waals surface area contributed by atoms with Crippen LogP contribution in [0.1, 0.15) is 20.3 Å². The van der Waals surface area contributed by atoms with Crippen LogP contribution < -0.4 is 5.32 Å². The zero-order valence-electron chi connectivity index (χ0n) is 11.9. The molecule has 17 heavy (non-hydrogen) atoms.